The number of ether oxygens (including phenoxy) is 1. The van der Waals surface area contributed by atoms with Crippen LogP contribution in [0.3, 0.4) is 0 Å². The molecule has 0 unspecified atom stereocenters. The number of rotatable bonds is 6. The molecular formula is C19H25N7O5S. The maximum atomic E-state index is 12.1. The average Bonchev–Trinajstić information content (AvgIpc) is 2.62. The second-order valence-corrected chi connectivity index (χ2v) is 9.81. The molecule has 172 valence electrons. The van der Waals surface area contributed by atoms with Crippen molar-refractivity contribution in [3.05, 3.63) is 36.0 Å². The standard InChI is InChI=1S/C19H25N7O5S/c1-19(2,3)31-18(28)26-9-12(10-26)23-16-14(15(20)27)8-22-17(25-16)24-11-5-4-6-13(7-11)32(21,29)30/h4-8,12H,9-10H2,1-3H3,(H2,20,27)(H2,21,29,30)(H2,22,23,24,25). The molecule has 1 aromatic carbocycles. The van der Waals surface area contributed by atoms with Crippen LogP contribution in [0.4, 0.5) is 22.2 Å². The van der Waals surface area contributed by atoms with Crippen molar-refractivity contribution in [1.82, 2.24) is 14.9 Å². The molecule has 12 nitrogen and oxygen atoms in total. The van der Waals surface area contributed by atoms with Crippen LogP contribution in [0.15, 0.2) is 35.4 Å². The highest BCUT2D eigenvalue weighted by Crippen LogP contribution is 2.23. The second kappa shape index (κ2) is 8.59. The number of hydrogen-bond donors (Lipinski definition) is 4. The maximum absolute atomic E-state index is 12.1. The molecule has 2 aromatic rings. The second-order valence-electron chi connectivity index (χ2n) is 8.24. The number of anilines is 3. The minimum absolute atomic E-state index is 0.0737. The van der Waals surface area contributed by atoms with Crippen LogP contribution in [0.5, 0.6) is 0 Å². The molecule has 0 radical (unpaired) electrons. The monoisotopic (exact) mass is 463 g/mol. The minimum atomic E-state index is -3.88. The van der Waals surface area contributed by atoms with Crippen LogP contribution >= 0.6 is 0 Å². The molecule has 1 fully saturated rings. The number of primary amides is 1. The van der Waals surface area contributed by atoms with Gasteiger partial charge < -0.3 is 26.0 Å². The van der Waals surface area contributed by atoms with E-state index in [2.05, 4.69) is 20.6 Å². The number of primary sulfonamides is 1. The predicted octanol–water partition coefficient (Wildman–Crippen LogP) is 0.998. The van der Waals surface area contributed by atoms with E-state index in [1.165, 1.54) is 29.3 Å². The summed E-state index contributed by atoms with van der Waals surface area (Å²) in [6.07, 6.45) is 0.832. The van der Waals surface area contributed by atoms with Crippen LogP contribution in [0, 0.1) is 0 Å². The van der Waals surface area contributed by atoms with Gasteiger partial charge in [-0.25, -0.2) is 23.3 Å². The number of nitrogens with one attached hydrogen (secondary N) is 2. The van der Waals surface area contributed by atoms with Gasteiger partial charge in [-0.1, -0.05) is 6.07 Å². The van der Waals surface area contributed by atoms with Crippen LogP contribution in [0.25, 0.3) is 0 Å². The van der Waals surface area contributed by atoms with Crippen molar-refractivity contribution in [2.45, 2.75) is 37.3 Å². The van der Waals surface area contributed by atoms with E-state index in [1.807, 2.05) is 0 Å². The third kappa shape index (κ3) is 5.82. The van der Waals surface area contributed by atoms with Crippen LogP contribution in [0.1, 0.15) is 31.1 Å². The summed E-state index contributed by atoms with van der Waals surface area (Å²) in [5.41, 5.74) is 5.28. The Labute approximate surface area is 185 Å². The van der Waals surface area contributed by atoms with Crippen molar-refractivity contribution in [3.8, 4) is 0 Å². The van der Waals surface area contributed by atoms with Gasteiger partial charge in [0.25, 0.3) is 5.91 Å². The predicted molar refractivity (Wildman–Crippen MR) is 117 cm³/mol. The van der Waals surface area contributed by atoms with Gasteiger partial charge in [-0.05, 0) is 39.0 Å². The summed E-state index contributed by atoms with van der Waals surface area (Å²) in [7, 11) is -3.88. The highest BCUT2D eigenvalue weighted by atomic mass is 32.2. The maximum Gasteiger partial charge on any atom is 0.410 e. The Kier molecular flexibility index (Phi) is 6.23. The molecule has 32 heavy (non-hydrogen) atoms. The molecule has 0 aliphatic carbocycles. The Morgan fingerprint density at radius 2 is 1.94 bits per heavy atom. The number of carbonyl (C=O) groups excluding carboxylic acids is 2. The molecule has 2 amide bonds. The Hall–Kier alpha value is -3.45. The number of nitrogens with zero attached hydrogens (tertiary/aromatic N) is 3. The number of sulfonamides is 1. The van der Waals surface area contributed by atoms with Crippen molar-refractivity contribution in [2.24, 2.45) is 10.9 Å². The van der Waals surface area contributed by atoms with E-state index in [9.17, 15) is 18.0 Å². The number of carbonyl (C=O) groups is 2. The molecular weight excluding hydrogens is 438 g/mol. The lowest BCUT2D eigenvalue weighted by Crippen LogP contribution is -2.58. The summed E-state index contributed by atoms with van der Waals surface area (Å²) in [6, 6.07) is 5.64. The summed E-state index contributed by atoms with van der Waals surface area (Å²) in [4.78, 5) is 33.6. The summed E-state index contributed by atoms with van der Waals surface area (Å²) in [6.45, 7) is 6.07. The number of nitrogens with two attached hydrogens (primary N) is 2. The summed E-state index contributed by atoms with van der Waals surface area (Å²) >= 11 is 0. The average molecular weight is 464 g/mol. The van der Waals surface area contributed by atoms with Gasteiger partial charge in [0.2, 0.25) is 16.0 Å². The third-order valence-corrected chi connectivity index (χ3v) is 5.26. The molecule has 1 aliphatic rings. The molecule has 0 bridgehead atoms. The smallest absolute Gasteiger partial charge is 0.410 e. The van der Waals surface area contributed by atoms with Crippen LogP contribution in [-0.2, 0) is 14.8 Å². The molecule has 3 rings (SSSR count). The Morgan fingerprint density at radius 3 is 2.53 bits per heavy atom. The summed E-state index contributed by atoms with van der Waals surface area (Å²) in [5.74, 6) is -0.433. The van der Waals surface area contributed by atoms with Crippen LogP contribution in [0.2, 0.25) is 0 Å². The first-order valence-corrected chi connectivity index (χ1v) is 11.2. The number of hydrogen-bond acceptors (Lipinski definition) is 9. The number of likely N-dealkylation sites (tertiary alicyclic amines) is 1. The zero-order valence-electron chi connectivity index (χ0n) is 17.8. The lowest BCUT2D eigenvalue weighted by molar-refractivity contribution is 0.0104. The first-order chi connectivity index (χ1) is 14.8. The van der Waals surface area contributed by atoms with Gasteiger partial charge in [0, 0.05) is 25.0 Å². The largest absolute Gasteiger partial charge is 0.444 e. The fourth-order valence-corrected chi connectivity index (χ4v) is 3.41. The van der Waals surface area contributed by atoms with Crippen molar-refractivity contribution >= 4 is 39.5 Å². The fourth-order valence-electron chi connectivity index (χ4n) is 2.85. The molecule has 1 aromatic heterocycles. The quantitative estimate of drug-likeness (QED) is 0.485. The molecule has 0 atom stereocenters. The van der Waals surface area contributed by atoms with Crippen molar-refractivity contribution in [3.63, 3.8) is 0 Å². The van der Waals surface area contributed by atoms with Crippen LogP contribution in [-0.4, -0.2) is 60.0 Å². The molecule has 6 N–H and O–H groups in total. The Balaban J connectivity index is 1.73. The van der Waals surface area contributed by atoms with Gasteiger partial charge in [0.15, 0.2) is 0 Å². The Morgan fingerprint density at radius 1 is 1.25 bits per heavy atom. The lowest BCUT2D eigenvalue weighted by Gasteiger charge is -2.40. The zero-order valence-corrected chi connectivity index (χ0v) is 18.6. The number of amides is 2. The first-order valence-electron chi connectivity index (χ1n) is 9.63. The zero-order chi connectivity index (χ0) is 23.7. The first kappa shape index (κ1) is 23.2. The van der Waals surface area contributed by atoms with E-state index in [0.29, 0.717) is 18.8 Å². The van der Waals surface area contributed by atoms with Gasteiger partial charge in [-0.15, -0.1) is 0 Å². The van der Waals surface area contributed by atoms with Crippen molar-refractivity contribution < 1.29 is 22.7 Å². The minimum Gasteiger partial charge on any atom is -0.444 e. The van der Waals surface area contributed by atoms with E-state index in [0.717, 1.165) is 0 Å². The SMILES string of the molecule is CC(C)(C)OC(=O)N1CC(Nc2nc(Nc3cccc(S(N)(=O)=O)c3)ncc2C(N)=O)C1. The fraction of sp³-hybridized carbons (Fsp3) is 0.368. The normalized spacial score (nSPS) is 14.4. The van der Waals surface area contributed by atoms with Gasteiger partial charge >= 0.3 is 6.09 Å². The molecule has 1 saturated heterocycles. The van der Waals surface area contributed by atoms with E-state index in [-0.39, 0.29) is 28.3 Å². The third-order valence-electron chi connectivity index (χ3n) is 4.35. The van der Waals surface area contributed by atoms with E-state index in [1.54, 1.807) is 26.8 Å². The Bertz CT molecular complexity index is 1140. The number of benzene rings is 1. The molecule has 13 heteroatoms. The van der Waals surface area contributed by atoms with Crippen molar-refractivity contribution in [2.75, 3.05) is 23.7 Å². The highest BCUT2D eigenvalue weighted by molar-refractivity contribution is 7.89. The van der Waals surface area contributed by atoms with Crippen molar-refractivity contribution in [1.29, 1.82) is 0 Å². The number of aromatic nitrogens is 2. The lowest BCUT2D eigenvalue weighted by atomic mass is 10.1. The summed E-state index contributed by atoms with van der Waals surface area (Å²) < 4.78 is 28.4. The van der Waals surface area contributed by atoms with E-state index < -0.39 is 27.6 Å². The summed E-state index contributed by atoms with van der Waals surface area (Å²) in [5, 5.41) is 11.1. The van der Waals surface area contributed by atoms with Gasteiger partial charge in [0.05, 0.1) is 16.5 Å². The van der Waals surface area contributed by atoms with Crippen LogP contribution < -0.4 is 21.5 Å². The molecule has 0 spiro atoms. The molecule has 0 saturated carbocycles. The topological polar surface area (TPSA) is 183 Å². The van der Waals surface area contributed by atoms with Gasteiger partial charge in [-0.3, -0.25) is 4.79 Å². The van der Waals surface area contributed by atoms with E-state index in [4.69, 9.17) is 15.6 Å². The van der Waals surface area contributed by atoms with E-state index >= 15 is 0 Å². The van der Waals surface area contributed by atoms with Gasteiger partial charge in [-0.2, -0.15) is 4.98 Å². The molecule has 2 heterocycles. The van der Waals surface area contributed by atoms with Gasteiger partial charge in [0.1, 0.15) is 11.4 Å². The highest BCUT2D eigenvalue weighted by Gasteiger charge is 2.34. The molecule has 1 aliphatic heterocycles.